The van der Waals surface area contributed by atoms with E-state index in [-0.39, 0.29) is 0 Å². The van der Waals surface area contributed by atoms with E-state index in [1.165, 1.54) is 0 Å². The summed E-state index contributed by atoms with van der Waals surface area (Å²) in [6.45, 7) is 4.56. The predicted octanol–water partition coefficient (Wildman–Crippen LogP) is 1.78. The van der Waals surface area contributed by atoms with Crippen LogP contribution in [0.3, 0.4) is 0 Å². The summed E-state index contributed by atoms with van der Waals surface area (Å²) in [5, 5.41) is 3.25. The van der Waals surface area contributed by atoms with Gasteiger partial charge in [-0.1, -0.05) is 6.92 Å². The normalized spacial score (nSPS) is 10.3. The van der Waals surface area contributed by atoms with E-state index in [1.54, 1.807) is 20.5 Å². The SMILES string of the molecule is CCCNc1ncnc(N(C)CCCOC)c1OC. The smallest absolute Gasteiger partial charge is 0.204 e. The second-order valence-electron chi connectivity index (χ2n) is 4.27. The van der Waals surface area contributed by atoms with Crippen molar-refractivity contribution in [2.45, 2.75) is 19.8 Å². The fourth-order valence-corrected chi connectivity index (χ4v) is 1.75. The van der Waals surface area contributed by atoms with Crippen LogP contribution in [-0.2, 0) is 4.74 Å². The van der Waals surface area contributed by atoms with Gasteiger partial charge in [0.05, 0.1) is 7.11 Å². The lowest BCUT2D eigenvalue weighted by atomic mass is 10.3. The number of hydrogen-bond donors (Lipinski definition) is 1. The van der Waals surface area contributed by atoms with Crippen LogP contribution >= 0.6 is 0 Å². The Balaban J connectivity index is 2.80. The highest BCUT2D eigenvalue weighted by Crippen LogP contribution is 2.31. The fraction of sp³-hybridized carbons (Fsp3) is 0.692. The molecule has 0 bridgehead atoms. The summed E-state index contributed by atoms with van der Waals surface area (Å²) in [6.07, 6.45) is 3.53. The molecule has 0 amide bonds. The first-order chi connectivity index (χ1) is 9.24. The number of hydrogen-bond acceptors (Lipinski definition) is 6. The van der Waals surface area contributed by atoms with E-state index in [4.69, 9.17) is 9.47 Å². The molecular formula is C13H24N4O2. The zero-order valence-electron chi connectivity index (χ0n) is 12.3. The Morgan fingerprint density at radius 1 is 1.32 bits per heavy atom. The first-order valence-electron chi connectivity index (χ1n) is 6.57. The van der Waals surface area contributed by atoms with E-state index in [2.05, 4.69) is 27.1 Å². The predicted molar refractivity (Wildman–Crippen MR) is 77.1 cm³/mol. The third-order valence-electron chi connectivity index (χ3n) is 2.74. The van der Waals surface area contributed by atoms with Gasteiger partial charge in [-0.2, -0.15) is 0 Å². The maximum absolute atomic E-state index is 5.44. The number of aromatic nitrogens is 2. The van der Waals surface area contributed by atoms with Crippen LogP contribution < -0.4 is 15.0 Å². The summed E-state index contributed by atoms with van der Waals surface area (Å²) in [6, 6.07) is 0. The maximum Gasteiger partial charge on any atom is 0.204 e. The minimum atomic E-state index is 0.691. The van der Waals surface area contributed by atoms with Crippen molar-refractivity contribution in [2.24, 2.45) is 0 Å². The third-order valence-corrected chi connectivity index (χ3v) is 2.74. The van der Waals surface area contributed by atoms with Gasteiger partial charge in [-0.3, -0.25) is 0 Å². The minimum absolute atomic E-state index is 0.691. The molecule has 1 aromatic heterocycles. The van der Waals surface area contributed by atoms with Gasteiger partial charge >= 0.3 is 0 Å². The number of ether oxygens (including phenoxy) is 2. The van der Waals surface area contributed by atoms with Crippen molar-refractivity contribution >= 4 is 11.6 Å². The molecule has 1 heterocycles. The van der Waals surface area contributed by atoms with Crippen LogP contribution in [-0.4, -0.2) is 50.9 Å². The van der Waals surface area contributed by atoms with Gasteiger partial charge in [0.15, 0.2) is 11.6 Å². The number of anilines is 2. The lowest BCUT2D eigenvalue weighted by Gasteiger charge is -2.21. The molecule has 0 atom stereocenters. The molecule has 0 radical (unpaired) electrons. The van der Waals surface area contributed by atoms with Crippen molar-refractivity contribution in [3.05, 3.63) is 6.33 Å². The highest BCUT2D eigenvalue weighted by molar-refractivity contribution is 5.64. The molecule has 0 saturated heterocycles. The van der Waals surface area contributed by atoms with Crippen LogP contribution in [0.4, 0.5) is 11.6 Å². The van der Waals surface area contributed by atoms with Crippen LogP contribution in [0.1, 0.15) is 19.8 Å². The fourth-order valence-electron chi connectivity index (χ4n) is 1.75. The van der Waals surface area contributed by atoms with Gasteiger partial charge in [0.25, 0.3) is 0 Å². The molecular weight excluding hydrogens is 244 g/mol. The van der Waals surface area contributed by atoms with E-state index in [0.29, 0.717) is 5.75 Å². The summed E-state index contributed by atoms with van der Waals surface area (Å²) >= 11 is 0. The molecule has 0 aliphatic heterocycles. The quantitative estimate of drug-likeness (QED) is 0.689. The van der Waals surface area contributed by atoms with Crippen molar-refractivity contribution in [3.8, 4) is 5.75 Å². The molecule has 0 aromatic carbocycles. The summed E-state index contributed by atoms with van der Waals surface area (Å²) in [7, 11) is 5.34. The Bertz CT molecular complexity index is 374. The van der Waals surface area contributed by atoms with Gasteiger partial charge in [-0.25, -0.2) is 9.97 Å². The average molecular weight is 268 g/mol. The zero-order valence-corrected chi connectivity index (χ0v) is 12.3. The highest BCUT2D eigenvalue weighted by atomic mass is 16.5. The van der Waals surface area contributed by atoms with Gasteiger partial charge in [0.1, 0.15) is 6.33 Å². The van der Waals surface area contributed by atoms with Crippen LogP contribution in [0.15, 0.2) is 6.33 Å². The van der Waals surface area contributed by atoms with E-state index in [9.17, 15) is 0 Å². The highest BCUT2D eigenvalue weighted by Gasteiger charge is 2.15. The maximum atomic E-state index is 5.44. The molecule has 0 aliphatic carbocycles. The van der Waals surface area contributed by atoms with Crippen molar-refractivity contribution in [1.29, 1.82) is 0 Å². The van der Waals surface area contributed by atoms with Crippen molar-refractivity contribution in [1.82, 2.24) is 9.97 Å². The van der Waals surface area contributed by atoms with E-state index in [0.717, 1.165) is 44.2 Å². The molecule has 1 rings (SSSR count). The van der Waals surface area contributed by atoms with Gasteiger partial charge in [-0.05, 0) is 12.8 Å². The average Bonchev–Trinajstić information content (AvgIpc) is 2.44. The first-order valence-corrected chi connectivity index (χ1v) is 6.57. The van der Waals surface area contributed by atoms with Gasteiger partial charge < -0.3 is 19.7 Å². The molecule has 0 aliphatic rings. The number of rotatable bonds is 9. The Labute approximate surface area is 115 Å². The molecule has 1 aromatic rings. The Kier molecular flexibility index (Phi) is 6.95. The molecule has 108 valence electrons. The van der Waals surface area contributed by atoms with Gasteiger partial charge in [0.2, 0.25) is 5.75 Å². The lowest BCUT2D eigenvalue weighted by molar-refractivity contribution is 0.196. The summed E-state index contributed by atoms with van der Waals surface area (Å²) in [4.78, 5) is 10.6. The molecule has 6 nitrogen and oxygen atoms in total. The number of nitrogens with zero attached hydrogens (tertiary/aromatic N) is 3. The van der Waals surface area contributed by atoms with Crippen molar-refractivity contribution < 1.29 is 9.47 Å². The summed E-state index contributed by atoms with van der Waals surface area (Å²) in [5.41, 5.74) is 0. The monoisotopic (exact) mass is 268 g/mol. The minimum Gasteiger partial charge on any atom is -0.490 e. The van der Waals surface area contributed by atoms with E-state index in [1.807, 2.05) is 7.05 Å². The summed E-state index contributed by atoms with van der Waals surface area (Å²) < 4.78 is 10.5. The second-order valence-corrected chi connectivity index (χ2v) is 4.27. The standard InChI is InChI=1S/C13H24N4O2/c1-5-7-14-12-11(19-4)13(16-10-15-12)17(2)8-6-9-18-3/h10H,5-9H2,1-4H3,(H,14,15,16). The molecule has 6 heteroatoms. The molecule has 1 N–H and O–H groups in total. The summed E-state index contributed by atoms with van der Waals surface area (Å²) in [5.74, 6) is 2.23. The Morgan fingerprint density at radius 3 is 2.74 bits per heavy atom. The van der Waals surface area contributed by atoms with E-state index >= 15 is 0 Å². The number of nitrogens with one attached hydrogen (secondary N) is 1. The van der Waals surface area contributed by atoms with Crippen LogP contribution in [0.5, 0.6) is 5.75 Å². The molecule has 0 unspecified atom stereocenters. The van der Waals surface area contributed by atoms with Crippen molar-refractivity contribution in [3.63, 3.8) is 0 Å². The topological polar surface area (TPSA) is 59.5 Å². The van der Waals surface area contributed by atoms with Crippen LogP contribution in [0, 0.1) is 0 Å². The largest absolute Gasteiger partial charge is 0.490 e. The van der Waals surface area contributed by atoms with Crippen molar-refractivity contribution in [2.75, 3.05) is 51.2 Å². The van der Waals surface area contributed by atoms with Crippen LogP contribution in [0.2, 0.25) is 0 Å². The Hall–Kier alpha value is -1.56. The molecule has 19 heavy (non-hydrogen) atoms. The van der Waals surface area contributed by atoms with Gasteiger partial charge in [0, 0.05) is 33.9 Å². The molecule has 0 spiro atoms. The third kappa shape index (κ3) is 4.55. The zero-order chi connectivity index (χ0) is 14.1. The lowest BCUT2D eigenvalue weighted by Crippen LogP contribution is -2.22. The van der Waals surface area contributed by atoms with E-state index < -0.39 is 0 Å². The second kappa shape index (κ2) is 8.53. The molecule has 0 fully saturated rings. The number of methoxy groups -OCH3 is 2. The van der Waals surface area contributed by atoms with Gasteiger partial charge in [-0.15, -0.1) is 0 Å². The molecule has 0 saturated carbocycles. The first kappa shape index (κ1) is 15.5. The van der Waals surface area contributed by atoms with Crippen LogP contribution in [0.25, 0.3) is 0 Å². The Morgan fingerprint density at radius 2 is 2.11 bits per heavy atom.